The minimum atomic E-state index is -1.00. The molecule has 3 aromatic carbocycles. The number of carbonyl (C=O) groups excluding carboxylic acids is 3. The molecule has 0 spiro atoms. The van der Waals surface area contributed by atoms with Gasteiger partial charge in [0.05, 0.1) is 19.1 Å². The van der Waals surface area contributed by atoms with Crippen molar-refractivity contribution < 1.29 is 23.5 Å². The minimum absolute atomic E-state index is 0.216. The first-order chi connectivity index (χ1) is 16.5. The summed E-state index contributed by atoms with van der Waals surface area (Å²) in [4.78, 5) is 41.9. The zero-order chi connectivity index (χ0) is 24.2. The van der Waals surface area contributed by atoms with Crippen LogP contribution in [0.25, 0.3) is 0 Å². The molecule has 2 amide bonds. The van der Waals surface area contributed by atoms with Crippen molar-refractivity contribution in [2.24, 2.45) is 5.92 Å². The van der Waals surface area contributed by atoms with E-state index in [1.807, 2.05) is 60.7 Å². The van der Waals surface area contributed by atoms with Gasteiger partial charge in [0, 0.05) is 18.5 Å². The minimum Gasteiger partial charge on any atom is -0.469 e. The quantitative estimate of drug-likeness (QED) is 0.589. The Hall–Kier alpha value is -4.00. The van der Waals surface area contributed by atoms with Crippen LogP contribution in [-0.4, -0.2) is 42.9 Å². The van der Waals surface area contributed by atoms with Crippen molar-refractivity contribution in [2.75, 3.05) is 14.2 Å². The third-order valence-electron chi connectivity index (χ3n) is 6.31. The molecule has 6 nitrogen and oxygen atoms in total. The van der Waals surface area contributed by atoms with Gasteiger partial charge in [-0.1, -0.05) is 60.7 Å². The molecule has 0 radical (unpaired) electrons. The number of methoxy groups -OCH3 is 1. The first-order valence-corrected chi connectivity index (χ1v) is 11.0. The Kier molecular flexibility index (Phi) is 6.72. The SMILES string of the molecule is CNC(=O)C1C(c2ccccc2)C(C(=O)OC)C(c2ccccc2)N1C(=O)c1ccc(F)cc1. The summed E-state index contributed by atoms with van der Waals surface area (Å²) in [5.74, 6) is -3.39. The first kappa shape index (κ1) is 23.2. The lowest BCUT2D eigenvalue weighted by Crippen LogP contribution is -2.47. The lowest BCUT2D eigenvalue weighted by Gasteiger charge is -2.31. The normalized spacial score (nSPS) is 21.7. The van der Waals surface area contributed by atoms with Gasteiger partial charge in [-0.3, -0.25) is 14.4 Å². The number of benzene rings is 3. The maximum Gasteiger partial charge on any atom is 0.311 e. The van der Waals surface area contributed by atoms with Crippen molar-refractivity contribution in [1.29, 1.82) is 0 Å². The highest BCUT2D eigenvalue weighted by Crippen LogP contribution is 2.51. The van der Waals surface area contributed by atoms with Crippen LogP contribution in [-0.2, 0) is 14.3 Å². The van der Waals surface area contributed by atoms with Crippen LogP contribution in [0.2, 0.25) is 0 Å². The Morgan fingerprint density at radius 3 is 1.94 bits per heavy atom. The number of hydrogen-bond donors (Lipinski definition) is 1. The van der Waals surface area contributed by atoms with Crippen molar-refractivity contribution in [3.63, 3.8) is 0 Å². The van der Waals surface area contributed by atoms with Crippen LogP contribution in [0, 0.1) is 11.7 Å². The summed E-state index contributed by atoms with van der Waals surface area (Å²) in [7, 11) is 2.79. The fourth-order valence-corrected chi connectivity index (χ4v) is 4.84. The number of carbonyl (C=O) groups is 3. The van der Waals surface area contributed by atoms with E-state index in [4.69, 9.17) is 4.74 Å². The third-order valence-corrected chi connectivity index (χ3v) is 6.31. The van der Waals surface area contributed by atoms with Gasteiger partial charge >= 0.3 is 5.97 Å². The molecule has 1 aliphatic rings. The standard InChI is InChI=1S/C27H25FN2O4/c1-29-25(31)24-21(17-9-5-3-6-10-17)22(27(33)34-2)23(18-11-7-4-8-12-18)30(24)26(32)19-13-15-20(28)16-14-19/h3-16,21-24H,1-2H3,(H,29,31). The smallest absolute Gasteiger partial charge is 0.311 e. The van der Waals surface area contributed by atoms with Crippen LogP contribution in [0.5, 0.6) is 0 Å². The van der Waals surface area contributed by atoms with Gasteiger partial charge in [0.25, 0.3) is 5.91 Å². The average Bonchev–Trinajstić information content (AvgIpc) is 3.25. The molecule has 1 aliphatic heterocycles. The molecular weight excluding hydrogens is 435 g/mol. The van der Waals surface area contributed by atoms with Crippen LogP contribution in [0.1, 0.15) is 33.4 Å². The second-order valence-electron chi connectivity index (χ2n) is 8.12. The van der Waals surface area contributed by atoms with Gasteiger partial charge < -0.3 is 15.0 Å². The number of likely N-dealkylation sites (tertiary alicyclic amines) is 1. The molecule has 3 aromatic rings. The summed E-state index contributed by atoms with van der Waals surface area (Å²) in [6.07, 6.45) is 0. The number of halogens is 1. The zero-order valence-corrected chi connectivity index (χ0v) is 18.9. The Bertz CT molecular complexity index is 1170. The number of esters is 1. The second-order valence-corrected chi connectivity index (χ2v) is 8.12. The third kappa shape index (κ3) is 4.17. The molecule has 1 heterocycles. The first-order valence-electron chi connectivity index (χ1n) is 11.0. The molecule has 1 N–H and O–H groups in total. The maximum absolute atomic E-state index is 13.9. The van der Waals surface area contributed by atoms with Gasteiger partial charge in [0.15, 0.2) is 0 Å². The molecular formula is C27H25FN2O4. The Morgan fingerprint density at radius 2 is 1.41 bits per heavy atom. The number of ether oxygens (including phenoxy) is 1. The number of nitrogens with zero attached hydrogens (tertiary/aromatic N) is 1. The zero-order valence-electron chi connectivity index (χ0n) is 18.9. The van der Waals surface area contributed by atoms with E-state index in [0.29, 0.717) is 5.56 Å². The van der Waals surface area contributed by atoms with E-state index in [-0.39, 0.29) is 5.56 Å². The van der Waals surface area contributed by atoms with Crippen LogP contribution in [0.4, 0.5) is 4.39 Å². The van der Waals surface area contributed by atoms with E-state index >= 15 is 0 Å². The van der Waals surface area contributed by atoms with Gasteiger partial charge in [0.1, 0.15) is 11.9 Å². The summed E-state index contributed by atoms with van der Waals surface area (Å²) in [6.45, 7) is 0. The lowest BCUT2D eigenvalue weighted by atomic mass is 9.80. The second kappa shape index (κ2) is 9.87. The van der Waals surface area contributed by atoms with Crippen LogP contribution in [0.3, 0.4) is 0 Å². The number of nitrogens with one attached hydrogen (secondary N) is 1. The molecule has 4 rings (SSSR count). The number of hydrogen-bond acceptors (Lipinski definition) is 4. The van der Waals surface area contributed by atoms with Crippen molar-refractivity contribution in [1.82, 2.24) is 10.2 Å². The molecule has 34 heavy (non-hydrogen) atoms. The summed E-state index contributed by atoms with van der Waals surface area (Å²) in [5.41, 5.74) is 1.65. The van der Waals surface area contributed by atoms with E-state index in [0.717, 1.165) is 5.56 Å². The van der Waals surface area contributed by atoms with E-state index in [1.165, 1.54) is 43.3 Å². The van der Waals surface area contributed by atoms with Crippen molar-refractivity contribution in [2.45, 2.75) is 18.0 Å². The van der Waals surface area contributed by atoms with Crippen molar-refractivity contribution in [3.8, 4) is 0 Å². The summed E-state index contributed by atoms with van der Waals surface area (Å²) >= 11 is 0. The Balaban J connectivity index is 1.97. The van der Waals surface area contributed by atoms with E-state index < -0.39 is 47.5 Å². The van der Waals surface area contributed by atoms with E-state index in [2.05, 4.69) is 5.32 Å². The van der Waals surface area contributed by atoms with Crippen LogP contribution >= 0.6 is 0 Å². The highest BCUT2D eigenvalue weighted by atomic mass is 19.1. The largest absolute Gasteiger partial charge is 0.469 e. The maximum atomic E-state index is 13.9. The summed E-state index contributed by atoms with van der Waals surface area (Å²) < 4.78 is 18.8. The predicted molar refractivity (Wildman–Crippen MR) is 124 cm³/mol. The van der Waals surface area contributed by atoms with Gasteiger partial charge in [-0.25, -0.2) is 4.39 Å². The highest BCUT2D eigenvalue weighted by molar-refractivity contribution is 6.00. The number of rotatable bonds is 5. The van der Waals surface area contributed by atoms with E-state index in [1.54, 1.807) is 0 Å². The van der Waals surface area contributed by atoms with Crippen molar-refractivity contribution in [3.05, 3.63) is 107 Å². The molecule has 1 fully saturated rings. The summed E-state index contributed by atoms with van der Waals surface area (Å²) in [5, 5.41) is 2.66. The van der Waals surface area contributed by atoms with Crippen molar-refractivity contribution >= 4 is 17.8 Å². The topological polar surface area (TPSA) is 75.7 Å². The molecule has 4 atom stereocenters. The molecule has 7 heteroatoms. The fourth-order valence-electron chi connectivity index (χ4n) is 4.84. The van der Waals surface area contributed by atoms with Crippen LogP contribution in [0.15, 0.2) is 84.9 Å². The monoisotopic (exact) mass is 460 g/mol. The molecule has 0 bridgehead atoms. The Labute approximate surface area is 197 Å². The van der Waals surface area contributed by atoms with Gasteiger partial charge in [-0.05, 0) is 35.4 Å². The summed E-state index contributed by atoms with van der Waals surface area (Å²) in [6, 6.07) is 21.6. The molecule has 0 saturated carbocycles. The highest BCUT2D eigenvalue weighted by Gasteiger charge is 2.57. The number of amides is 2. The van der Waals surface area contributed by atoms with E-state index in [9.17, 15) is 18.8 Å². The molecule has 0 aliphatic carbocycles. The van der Waals surface area contributed by atoms with Gasteiger partial charge in [-0.2, -0.15) is 0 Å². The molecule has 1 saturated heterocycles. The lowest BCUT2D eigenvalue weighted by molar-refractivity contribution is -0.146. The van der Waals surface area contributed by atoms with Gasteiger partial charge in [0.2, 0.25) is 5.91 Å². The Morgan fingerprint density at radius 1 is 0.853 bits per heavy atom. The fraction of sp³-hybridized carbons (Fsp3) is 0.222. The average molecular weight is 461 g/mol. The molecule has 0 aromatic heterocycles. The molecule has 4 unspecified atom stereocenters. The number of likely N-dealkylation sites (N-methyl/N-ethyl adjacent to an activating group) is 1. The van der Waals surface area contributed by atoms with Gasteiger partial charge in [-0.15, -0.1) is 0 Å². The molecule has 174 valence electrons. The predicted octanol–water partition coefficient (Wildman–Crippen LogP) is 3.71. The van der Waals surface area contributed by atoms with Crippen LogP contribution < -0.4 is 5.32 Å².